The quantitative estimate of drug-likeness (QED) is 0.348. The summed E-state index contributed by atoms with van der Waals surface area (Å²) in [5.74, 6) is 1.33. The van der Waals surface area contributed by atoms with Crippen molar-refractivity contribution in [3.63, 3.8) is 0 Å². The number of aliphatic imine (C=N–C) groups is 1. The van der Waals surface area contributed by atoms with E-state index in [1.807, 2.05) is 36.4 Å². The van der Waals surface area contributed by atoms with E-state index >= 15 is 0 Å². The Hall–Kier alpha value is -2.09. The molecule has 25 heavy (non-hydrogen) atoms. The summed E-state index contributed by atoms with van der Waals surface area (Å²) in [4.78, 5) is 4.18. The number of nitrogens with zero attached hydrogens (tertiary/aromatic N) is 1. The van der Waals surface area contributed by atoms with E-state index in [-0.39, 0.29) is 29.8 Å². The molecule has 6 heteroatoms. The molecule has 0 aliphatic heterocycles. The van der Waals surface area contributed by atoms with Crippen LogP contribution in [0.5, 0.6) is 0 Å². The predicted molar refractivity (Wildman–Crippen MR) is 110 cm³/mol. The highest BCUT2D eigenvalue weighted by atomic mass is 127. The predicted octanol–water partition coefficient (Wildman–Crippen LogP) is 4.10. The summed E-state index contributed by atoms with van der Waals surface area (Å²) in [6.45, 7) is 1.22. The topological polar surface area (TPSA) is 49.6 Å². The molecule has 2 aromatic carbocycles. The normalized spacial score (nSPS) is 11.2. The molecule has 0 bridgehead atoms. The fraction of sp³-hybridized carbons (Fsp3) is 0.211. The average molecular weight is 453 g/mol. The molecule has 3 rings (SSSR count). The minimum atomic E-state index is -0.208. The van der Waals surface area contributed by atoms with Gasteiger partial charge in [-0.1, -0.05) is 30.3 Å². The summed E-state index contributed by atoms with van der Waals surface area (Å²) in [5, 5.41) is 7.52. The van der Waals surface area contributed by atoms with Gasteiger partial charge in [-0.05, 0) is 36.2 Å². The van der Waals surface area contributed by atoms with Gasteiger partial charge >= 0.3 is 0 Å². The van der Waals surface area contributed by atoms with Crippen molar-refractivity contribution in [1.82, 2.24) is 10.6 Å². The zero-order valence-corrected chi connectivity index (χ0v) is 16.3. The first-order valence-corrected chi connectivity index (χ1v) is 7.91. The van der Waals surface area contributed by atoms with Crippen molar-refractivity contribution >= 4 is 40.9 Å². The lowest BCUT2D eigenvalue weighted by Crippen LogP contribution is -2.37. The van der Waals surface area contributed by atoms with Crippen molar-refractivity contribution in [1.29, 1.82) is 0 Å². The van der Waals surface area contributed by atoms with Crippen LogP contribution in [0.3, 0.4) is 0 Å². The number of nitrogens with one attached hydrogen (secondary N) is 2. The van der Waals surface area contributed by atoms with E-state index in [1.54, 1.807) is 19.2 Å². The van der Waals surface area contributed by atoms with Crippen LogP contribution in [0.25, 0.3) is 11.0 Å². The molecule has 0 aliphatic rings. The lowest BCUT2D eigenvalue weighted by molar-refractivity contribution is 0.538. The van der Waals surface area contributed by atoms with Gasteiger partial charge in [0.05, 0.1) is 6.54 Å². The van der Waals surface area contributed by atoms with Gasteiger partial charge in [-0.25, -0.2) is 4.39 Å². The van der Waals surface area contributed by atoms with Gasteiger partial charge in [-0.3, -0.25) is 4.99 Å². The molecule has 0 saturated heterocycles. The zero-order chi connectivity index (χ0) is 16.8. The maximum absolute atomic E-state index is 13.1. The van der Waals surface area contributed by atoms with Crippen molar-refractivity contribution < 1.29 is 8.81 Å². The van der Waals surface area contributed by atoms with Gasteiger partial charge in [0.15, 0.2) is 5.96 Å². The highest BCUT2D eigenvalue weighted by Crippen LogP contribution is 2.18. The van der Waals surface area contributed by atoms with Crippen molar-refractivity contribution in [2.45, 2.75) is 13.0 Å². The summed E-state index contributed by atoms with van der Waals surface area (Å²) in [6.07, 6.45) is 0.725. The van der Waals surface area contributed by atoms with Gasteiger partial charge in [-0.2, -0.15) is 0 Å². The molecule has 132 valence electrons. The highest BCUT2D eigenvalue weighted by molar-refractivity contribution is 14.0. The number of para-hydroxylation sites is 1. The molecule has 0 atom stereocenters. The third-order valence-corrected chi connectivity index (χ3v) is 3.73. The molecule has 2 N–H and O–H groups in total. The van der Waals surface area contributed by atoms with Crippen LogP contribution in [-0.4, -0.2) is 19.6 Å². The Kier molecular flexibility index (Phi) is 7.24. The van der Waals surface area contributed by atoms with Crippen LogP contribution < -0.4 is 10.6 Å². The third kappa shape index (κ3) is 5.45. The molecule has 0 unspecified atom stereocenters. The molecule has 4 nitrogen and oxygen atoms in total. The molecular weight excluding hydrogens is 432 g/mol. The Morgan fingerprint density at radius 2 is 1.92 bits per heavy atom. The third-order valence-electron chi connectivity index (χ3n) is 3.73. The number of hydrogen-bond donors (Lipinski definition) is 2. The van der Waals surface area contributed by atoms with E-state index in [9.17, 15) is 4.39 Å². The van der Waals surface area contributed by atoms with E-state index in [1.165, 1.54) is 6.07 Å². The molecule has 0 fully saturated rings. The summed E-state index contributed by atoms with van der Waals surface area (Å²) >= 11 is 0. The van der Waals surface area contributed by atoms with Gasteiger partial charge in [0.1, 0.15) is 17.2 Å². The van der Waals surface area contributed by atoms with E-state index in [4.69, 9.17) is 4.42 Å². The second-order valence-corrected chi connectivity index (χ2v) is 5.48. The van der Waals surface area contributed by atoms with Gasteiger partial charge in [0.2, 0.25) is 0 Å². The van der Waals surface area contributed by atoms with Gasteiger partial charge < -0.3 is 15.1 Å². The van der Waals surface area contributed by atoms with Crippen LogP contribution in [0.2, 0.25) is 0 Å². The molecule has 3 aromatic rings. The Labute approximate surface area is 163 Å². The number of hydrogen-bond acceptors (Lipinski definition) is 2. The Morgan fingerprint density at radius 3 is 2.68 bits per heavy atom. The second kappa shape index (κ2) is 9.41. The molecule has 1 aromatic heterocycles. The van der Waals surface area contributed by atoms with Crippen molar-refractivity contribution in [2.24, 2.45) is 4.99 Å². The maximum atomic E-state index is 13.1. The Bertz CT molecular complexity index is 814. The van der Waals surface area contributed by atoms with E-state index in [0.29, 0.717) is 19.0 Å². The molecule has 0 saturated carbocycles. The highest BCUT2D eigenvalue weighted by Gasteiger charge is 2.04. The number of guanidine groups is 1. The van der Waals surface area contributed by atoms with Gasteiger partial charge in [0, 0.05) is 19.0 Å². The molecular formula is C19H21FIN3O. The van der Waals surface area contributed by atoms with Crippen LogP contribution in [0, 0.1) is 5.82 Å². The largest absolute Gasteiger partial charge is 0.459 e. The SMILES string of the molecule is CN=C(NCCc1cccc(F)c1)NCc1cc2ccccc2o1.I. The van der Waals surface area contributed by atoms with E-state index < -0.39 is 0 Å². The lowest BCUT2D eigenvalue weighted by Gasteiger charge is -2.10. The first-order valence-electron chi connectivity index (χ1n) is 7.91. The minimum Gasteiger partial charge on any atom is -0.459 e. The smallest absolute Gasteiger partial charge is 0.191 e. The Balaban J connectivity index is 0.00000225. The molecule has 0 aliphatic carbocycles. The van der Waals surface area contributed by atoms with E-state index in [0.717, 1.165) is 28.7 Å². The van der Waals surface area contributed by atoms with Crippen molar-refractivity contribution in [3.05, 3.63) is 71.7 Å². The number of fused-ring (bicyclic) bond motifs is 1. The van der Waals surface area contributed by atoms with Crippen molar-refractivity contribution in [3.8, 4) is 0 Å². The summed E-state index contributed by atoms with van der Waals surface area (Å²) in [5.41, 5.74) is 1.83. The average Bonchev–Trinajstić information content (AvgIpc) is 3.01. The molecule has 0 radical (unpaired) electrons. The zero-order valence-electron chi connectivity index (χ0n) is 14.0. The fourth-order valence-electron chi connectivity index (χ4n) is 2.53. The molecule has 0 amide bonds. The molecule has 0 spiro atoms. The summed E-state index contributed by atoms with van der Waals surface area (Å²) < 4.78 is 18.9. The first-order chi connectivity index (χ1) is 11.7. The minimum absolute atomic E-state index is 0. The monoisotopic (exact) mass is 453 g/mol. The van der Waals surface area contributed by atoms with Crippen LogP contribution in [0.4, 0.5) is 4.39 Å². The van der Waals surface area contributed by atoms with Crippen LogP contribution in [0.15, 0.2) is 64.0 Å². The van der Waals surface area contributed by atoms with Crippen molar-refractivity contribution in [2.75, 3.05) is 13.6 Å². The summed E-state index contributed by atoms with van der Waals surface area (Å²) in [6, 6.07) is 16.6. The maximum Gasteiger partial charge on any atom is 0.191 e. The standard InChI is InChI=1S/C19H20FN3O.HI/c1-21-19(22-10-9-14-5-4-7-16(20)11-14)23-13-17-12-15-6-2-3-8-18(15)24-17;/h2-8,11-12H,9-10,13H2,1H3,(H2,21,22,23);1H. The van der Waals surface area contributed by atoms with E-state index in [2.05, 4.69) is 15.6 Å². The van der Waals surface area contributed by atoms with Crippen LogP contribution in [0.1, 0.15) is 11.3 Å². The van der Waals surface area contributed by atoms with Gasteiger partial charge in [-0.15, -0.1) is 24.0 Å². The number of halogens is 2. The number of furan rings is 1. The number of rotatable bonds is 5. The first kappa shape index (κ1) is 19.2. The van der Waals surface area contributed by atoms with Crippen LogP contribution >= 0.6 is 24.0 Å². The van der Waals surface area contributed by atoms with Crippen LogP contribution in [-0.2, 0) is 13.0 Å². The fourth-order valence-corrected chi connectivity index (χ4v) is 2.53. The van der Waals surface area contributed by atoms with Gasteiger partial charge in [0.25, 0.3) is 0 Å². The Morgan fingerprint density at radius 1 is 1.08 bits per heavy atom. The lowest BCUT2D eigenvalue weighted by atomic mass is 10.1. The summed E-state index contributed by atoms with van der Waals surface area (Å²) in [7, 11) is 1.72. The number of benzene rings is 2. The molecule has 1 heterocycles. The second-order valence-electron chi connectivity index (χ2n) is 5.48.